The summed E-state index contributed by atoms with van der Waals surface area (Å²) in [5, 5.41) is 5.93. The average Bonchev–Trinajstić information content (AvgIpc) is 2.48. The highest BCUT2D eigenvalue weighted by Crippen LogP contribution is 2.69. The SMILES string of the molecule is C[Si]1(Cl)C2=C3C(=C4C(=C31)[Si]4(C)Cl)C=C2. The lowest BCUT2D eigenvalue weighted by atomic mass is 10.2. The number of halogens is 2. The van der Waals surface area contributed by atoms with E-state index < -0.39 is 14.8 Å². The summed E-state index contributed by atoms with van der Waals surface area (Å²) in [6.07, 6.45) is 4.45. The predicted octanol–water partition coefficient (Wildman–Crippen LogP) is 3.27. The van der Waals surface area contributed by atoms with Crippen LogP contribution < -0.4 is 0 Å². The number of rotatable bonds is 0. The minimum absolute atomic E-state index is 1.43. The van der Waals surface area contributed by atoms with Gasteiger partial charge in [-0.2, -0.15) is 22.2 Å². The Hall–Kier alpha value is -0.0262. The second kappa shape index (κ2) is 1.82. The first-order valence-corrected chi connectivity index (χ1v) is 11.8. The van der Waals surface area contributed by atoms with Gasteiger partial charge in [0.1, 0.15) is 0 Å². The Morgan fingerprint density at radius 3 is 2.36 bits per heavy atom. The molecule has 0 saturated carbocycles. The van der Waals surface area contributed by atoms with E-state index in [0.29, 0.717) is 0 Å². The zero-order valence-corrected chi connectivity index (χ0v) is 11.4. The third-order valence-corrected chi connectivity index (χ3v) is 11.9. The van der Waals surface area contributed by atoms with Crippen molar-refractivity contribution in [3.8, 4) is 0 Å². The summed E-state index contributed by atoms with van der Waals surface area (Å²) in [5.41, 5.74) is 2.91. The van der Waals surface area contributed by atoms with Crippen molar-refractivity contribution >= 4 is 36.9 Å². The molecule has 14 heavy (non-hydrogen) atoms. The summed E-state index contributed by atoms with van der Waals surface area (Å²) in [5.74, 6) is 0. The van der Waals surface area contributed by atoms with Crippen molar-refractivity contribution in [2.45, 2.75) is 13.1 Å². The molecule has 2 atom stereocenters. The molecule has 2 heterocycles. The molecule has 1 saturated heterocycles. The summed E-state index contributed by atoms with van der Waals surface area (Å²) >= 11 is 13.2. The van der Waals surface area contributed by atoms with E-state index in [1.54, 1.807) is 0 Å². The van der Waals surface area contributed by atoms with Crippen molar-refractivity contribution in [2.75, 3.05) is 0 Å². The average molecular weight is 255 g/mol. The van der Waals surface area contributed by atoms with Crippen LogP contribution in [0.3, 0.4) is 0 Å². The Labute approximate surface area is 94.0 Å². The number of allylic oxidation sites excluding steroid dienone is 8. The van der Waals surface area contributed by atoms with Crippen molar-refractivity contribution in [1.29, 1.82) is 0 Å². The Kier molecular flexibility index (Phi) is 1.06. The highest BCUT2D eigenvalue weighted by atomic mass is 35.6. The molecule has 0 aromatic rings. The molecule has 0 bridgehead atoms. The van der Waals surface area contributed by atoms with Gasteiger partial charge in [0.15, 0.2) is 0 Å². The molecule has 4 heteroatoms. The summed E-state index contributed by atoms with van der Waals surface area (Å²) in [6.45, 7) is 4.45. The van der Waals surface area contributed by atoms with E-state index >= 15 is 0 Å². The fraction of sp³-hybridized carbons (Fsp3) is 0.200. The first-order chi connectivity index (χ1) is 6.47. The van der Waals surface area contributed by atoms with Crippen LogP contribution >= 0.6 is 22.2 Å². The highest BCUT2D eigenvalue weighted by molar-refractivity contribution is 7.40. The topological polar surface area (TPSA) is 0 Å². The number of fused-ring (bicyclic) bond motifs is 1. The van der Waals surface area contributed by atoms with Gasteiger partial charge < -0.3 is 0 Å². The third kappa shape index (κ3) is 0.555. The molecule has 0 spiro atoms. The van der Waals surface area contributed by atoms with E-state index in [4.69, 9.17) is 22.2 Å². The van der Waals surface area contributed by atoms with E-state index in [-0.39, 0.29) is 0 Å². The van der Waals surface area contributed by atoms with E-state index in [9.17, 15) is 0 Å². The van der Waals surface area contributed by atoms with Crippen molar-refractivity contribution < 1.29 is 0 Å². The van der Waals surface area contributed by atoms with Gasteiger partial charge in [0.2, 0.25) is 14.8 Å². The fourth-order valence-corrected chi connectivity index (χ4v) is 12.9. The van der Waals surface area contributed by atoms with Gasteiger partial charge in [-0.25, -0.2) is 0 Å². The normalized spacial score (nSPS) is 46.0. The molecule has 0 radical (unpaired) electrons. The monoisotopic (exact) mass is 254 g/mol. The van der Waals surface area contributed by atoms with Crippen LogP contribution in [-0.4, -0.2) is 14.8 Å². The highest BCUT2D eigenvalue weighted by Gasteiger charge is 2.67. The van der Waals surface area contributed by atoms with Crippen molar-refractivity contribution in [2.24, 2.45) is 0 Å². The minimum atomic E-state index is -1.73. The first-order valence-electron chi connectivity index (χ1n) is 4.79. The molecule has 1 fully saturated rings. The molecule has 2 aliphatic heterocycles. The summed E-state index contributed by atoms with van der Waals surface area (Å²) in [4.78, 5) is 0. The molecule has 0 amide bonds. The maximum absolute atomic E-state index is 6.66. The van der Waals surface area contributed by atoms with E-state index in [0.717, 1.165) is 0 Å². The first kappa shape index (κ1) is 8.16. The van der Waals surface area contributed by atoms with E-state index in [2.05, 4.69) is 25.2 Å². The molecule has 0 aromatic carbocycles. The van der Waals surface area contributed by atoms with Crippen LogP contribution in [0.5, 0.6) is 0 Å². The number of hydrogen-bond acceptors (Lipinski definition) is 0. The minimum Gasteiger partial charge on any atom is -0.155 e. The van der Waals surface area contributed by atoms with E-state index in [1.165, 1.54) is 31.9 Å². The molecule has 4 rings (SSSR count). The van der Waals surface area contributed by atoms with Crippen LogP contribution in [-0.2, 0) is 0 Å². The van der Waals surface area contributed by atoms with Gasteiger partial charge in [0.05, 0.1) is 0 Å². The molecular formula is C10H8Cl2Si2. The van der Waals surface area contributed by atoms with Gasteiger partial charge >= 0.3 is 0 Å². The van der Waals surface area contributed by atoms with Crippen LogP contribution in [0.25, 0.3) is 0 Å². The molecule has 70 valence electrons. The summed E-state index contributed by atoms with van der Waals surface area (Å²) < 4.78 is 0. The Bertz CT molecular complexity index is 544. The van der Waals surface area contributed by atoms with Gasteiger partial charge in [-0.05, 0) is 45.0 Å². The van der Waals surface area contributed by atoms with Crippen LogP contribution in [0, 0.1) is 0 Å². The number of hydrogen-bond donors (Lipinski definition) is 0. The molecule has 0 N–H and O–H groups in total. The maximum Gasteiger partial charge on any atom is 0.215 e. The lowest BCUT2D eigenvalue weighted by Crippen LogP contribution is -2.39. The lowest BCUT2D eigenvalue weighted by molar-refractivity contribution is 1.49. The molecule has 0 aromatic heterocycles. The van der Waals surface area contributed by atoms with Crippen molar-refractivity contribution in [1.82, 2.24) is 0 Å². The molecule has 4 aliphatic rings. The largest absolute Gasteiger partial charge is 0.215 e. The van der Waals surface area contributed by atoms with Crippen LogP contribution in [0.1, 0.15) is 0 Å². The van der Waals surface area contributed by atoms with Crippen LogP contribution in [0.4, 0.5) is 0 Å². The van der Waals surface area contributed by atoms with Crippen molar-refractivity contribution in [3.63, 3.8) is 0 Å². The summed E-state index contributed by atoms with van der Waals surface area (Å²) in [7, 11) is -3.34. The maximum atomic E-state index is 6.66. The smallest absolute Gasteiger partial charge is 0.155 e. The van der Waals surface area contributed by atoms with Gasteiger partial charge in [-0.3, -0.25) is 0 Å². The Morgan fingerprint density at radius 2 is 1.64 bits per heavy atom. The molecule has 2 unspecified atom stereocenters. The van der Waals surface area contributed by atoms with Crippen LogP contribution in [0.2, 0.25) is 13.1 Å². The summed E-state index contributed by atoms with van der Waals surface area (Å²) in [6, 6.07) is 0. The predicted molar refractivity (Wildman–Crippen MR) is 65.2 cm³/mol. The van der Waals surface area contributed by atoms with Crippen LogP contribution in [0.15, 0.2) is 44.1 Å². The zero-order valence-electron chi connectivity index (χ0n) is 7.91. The molecule has 2 aliphatic carbocycles. The standard InChI is InChI=1S/C10H8Cl2Si2/c1-13(11)6-4-3-5-7(6)9(13)10-8(5)14(10,2)12/h3-4H,1-2H3. The van der Waals surface area contributed by atoms with Gasteiger partial charge in [-0.15, -0.1) is 0 Å². The second-order valence-corrected chi connectivity index (χ2v) is 15.3. The van der Waals surface area contributed by atoms with Crippen molar-refractivity contribution in [3.05, 3.63) is 44.1 Å². The van der Waals surface area contributed by atoms with E-state index in [1.807, 2.05) is 0 Å². The van der Waals surface area contributed by atoms with Gasteiger partial charge in [0.25, 0.3) is 0 Å². The van der Waals surface area contributed by atoms with Gasteiger partial charge in [-0.1, -0.05) is 12.2 Å². The second-order valence-electron chi connectivity index (χ2n) is 4.67. The molecule has 0 nitrogen and oxygen atoms in total. The third-order valence-electron chi connectivity index (χ3n) is 3.83. The fourth-order valence-electron chi connectivity index (χ4n) is 3.11. The Balaban J connectivity index is 2.14. The zero-order chi connectivity index (χ0) is 9.88. The molecular weight excluding hydrogens is 247 g/mol. The Morgan fingerprint density at radius 1 is 0.929 bits per heavy atom. The van der Waals surface area contributed by atoms with Gasteiger partial charge in [0, 0.05) is 0 Å². The quantitative estimate of drug-likeness (QED) is 0.460. The lowest BCUT2D eigenvalue weighted by Gasteiger charge is -2.35.